The Balaban J connectivity index is 2.11. The van der Waals surface area contributed by atoms with Crippen molar-refractivity contribution in [3.8, 4) is 0 Å². The van der Waals surface area contributed by atoms with Crippen LogP contribution in [0.2, 0.25) is 0 Å². The molecule has 1 aromatic heterocycles. The molecular formula is C20H28N2. The average molecular weight is 296 g/mol. The zero-order valence-corrected chi connectivity index (χ0v) is 14.5. The molecule has 0 saturated heterocycles. The highest BCUT2D eigenvalue weighted by atomic mass is 14.7. The van der Waals surface area contributed by atoms with Gasteiger partial charge in [0.2, 0.25) is 0 Å². The molecule has 0 bridgehead atoms. The molecule has 0 saturated carbocycles. The highest BCUT2D eigenvalue weighted by Gasteiger charge is 2.26. The number of nitrogens with two attached hydrogens (primary N) is 1. The van der Waals surface area contributed by atoms with E-state index in [-0.39, 0.29) is 5.41 Å². The van der Waals surface area contributed by atoms with E-state index in [0.717, 1.165) is 12.1 Å². The molecule has 2 aromatic rings. The van der Waals surface area contributed by atoms with Crippen molar-refractivity contribution >= 4 is 5.69 Å². The Kier molecular flexibility index (Phi) is 4.60. The van der Waals surface area contributed by atoms with E-state index in [1.54, 1.807) is 6.20 Å². The molecule has 0 aliphatic carbocycles. The molecule has 0 spiro atoms. The van der Waals surface area contributed by atoms with E-state index >= 15 is 0 Å². The van der Waals surface area contributed by atoms with Crippen molar-refractivity contribution in [2.45, 2.75) is 52.9 Å². The van der Waals surface area contributed by atoms with Crippen LogP contribution in [0.25, 0.3) is 0 Å². The molecule has 0 aliphatic heterocycles. The quantitative estimate of drug-likeness (QED) is 0.865. The van der Waals surface area contributed by atoms with Gasteiger partial charge in [-0.1, -0.05) is 58.9 Å². The summed E-state index contributed by atoms with van der Waals surface area (Å²) < 4.78 is 0. The maximum Gasteiger partial charge on any atom is 0.0501 e. The fraction of sp³-hybridized carbons (Fsp3) is 0.450. The van der Waals surface area contributed by atoms with Crippen LogP contribution in [0.4, 0.5) is 5.69 Å². The number of aromatic nitrogens is 1. The lowest BCUT2D eigenvalue weighted by Gasteiger charge is -2.33. The van der Waals surface area contributed by atoms with Gasteiger partial charge in [0, 0.05) is 12.1 Å². The van der Waals surface area contributed by atoms with Gasteiger partial charge in [-0.25, -0.2) is 0 Å². The predicted octanol–water partition coefficient (Wildman–Crippen LogP) is 4.97. The Labute approximate surface area is 134 Å². The SMILES string of the molecule is CC(C)(C)CC(C)(C)c1ccc(Cc2ccc(N)cn2)cc1. The summed E-state index contributed by atoms with van der Waals surface area (Å²) in [5.74, 6) is 0. The topological polar surface area (TPSA) is 38.9 Å². The molecule has 0 aliphatic rings. The van der Waals surface area contributed by atoms with Gasteiger partial charge in [-0.15, -0.1) is 0 Å². The molecule has 118 valence electrons. The van der Waals surface area contributed by atoms with Crippen LogP contribution in [0.5, 0.6) is 0 Å². The fourth-order valence-electron chi connectivity index (χ4n) is 3.25. The molecular weight excluding hydrogens is 268 g/mol. The Hall–Kier alpha value is -1.83. The molecule has 2 N–H and O–H groups in total. The summed E-state index contributed by atoms with van der Waals surface area (Å²) in [7, 11) is 0. The molecule has 1 aromatic carbocycles. The van der Waals surface area contributed by atoms with Crippen molar-refractivity contribution in [1.82, 2.24) is 4.98 Å². The smallest absolute Gasteiger partial charge is 0.0501 e. The maximum atomic E-state index is 5.68. The first kappa shape index (κ1) is 16.5. The monoisotopic (exact) mass is 296 g/mol. The van der Waals surface area contributed by atoms with Crippen LogP contribution in [-0.2, 0) is 11.8 Å². The number of nitrogen functional groups attached to an aromatic ring is 1. The molecule has 0 unspecified atom stereocenters. The largest absolute Gasteiger partial charge is 0.397 e. The molecule has 0 radical (unpaired) electrons. The van der Waals surface area contributed by atoms with Crippen molar-refractivity contribution < 1.29 is 0 Å². The Morgan fingerprint density at radius 1 is 0.909 bits per heavy atom. The van der Waals surface area contributed by atoms with Gasteiger partial charge in [0.15, 0.2) is 0 Å². The summed E-state index contributed by atoms with van der Waals surface area (Å²) in [6, 6.07) is 12.9. The maximum absolute atomic E-state index is 5.68. The number of pyridine rings is 1. The first-order valence-electron chi connectivity index (χ1n) is 7.96. The Bertz CT molecular complexity index is 602. The van der Waals surface area contributed by atoms with Gasteiger partial charge < -0.3 is 5.73 Å². The van der Waals surface area contributed by atoms with Gasteiger partial charge in [-0.2, -0.15) is 0 Å². The second-order valence-electron chi connectivity index (χ2n) is 8.08. The van der Waals surface area contributed by atoms with Gasteiger partial charge >= 0.3 is 0 Å². The van der Waals surface area contributed by atoms with Crippen LogP contribution < -0.4 is 5.73 Å². The van der Waals surface area contributed by atoms with Crippen LogP contribution in [0, 0.1) is 5.41 Å². The number of nitrogens with zero attached hydrogens (tertiary/aromatic N) is 1. The standard InChI is InChI=1S/C20H28N2/c1-19(2,3)14-20(4,5)16-8-6-15(7-9-16)12-18-11-10-17(21)13-22-18/h6-11,13H,12,14,21H2,1-5H3. The van der Waals surface area contributed by atoms with Crippen molar-refractivity contribution in [2.75, 3.05) is 5.73 Å². The predicted molar refractivity (Wildman–Crippen MR) is 95.0 cm³/mol. The van der Waals surface area contributed by atoms with Crippen LogP contribution in [-0.4, -0.2) is 4.98 Å². The van der Waals surface area contributed by atoms with Crippen LogP contribution in [0.1, 0.15) is 57.9 Å². The minimum atomic E-state index is 0.191. The highest BCUT2D eigenvalue weighted by molar-refractivity contribution is 5.36. The average Bonchev–Trinajstić information content (AvgIpc) is 2.39. The summed E-state index contributed by atoms with van der Waals surface area (Å²) in [5.41, 5.74) is 10.6. The Morgan fingerprint density at radius 2 is 1.55 bits per heavy atom. The number of anilines is 1. The van der Waals surface area contributed by atoms with Crippen molar-refractivity contribution in [3.05, 3.63) is 59.4 Å². The van der Waals surface area contributed by atoms with E-state index < -0.39 is 0 Å². The zero-order valence-electron chi connectivity index (χ0n) is 14.5. The van der Waals surface area contributed by atoms with Gasteiger partial charge in [-0.3, -0.25) is 4.98 Å². The molecule has 1 heterocycles. The van der Waals surface area contributed by atoms with Gasteiger partial charge in [0.05, 0.1) is 11.9 Å². The van der Waals surface area contributed by atoms with Gasteiger partial charge in [-0.05, 0) is 40.5 Å². The lowest BCUT2D eigenvalue weighted by molar-refractivity contribution is 0.284. The van der Waals surface area contributed by atoms with Crippen molar-refractivity contribution in [2.24, 2.45) is 5.41 Å². The van der Waals surface area contributed by atoms with E-state index in [9.17, 15) is 0 Å². The van der Waals surface area contributed by atoms with E-state index in [0.29, 0.717) is 11.1 Å². The summed E-state index contributed by atoms with van der Waals surface area (Å²) in [5, 5.41) is 0. The van der Waals surface area contributed by atoms with Crippen LogP contribution >= 0.6 is 0 Å². The third kappa shape index (κ3) is 4.59. The van der Waals surface area contributed by atoms with Crippen LogP contribution in [0.3, 0.4) is 0 Å². The minimum absolute atomic E-state index is 0.191. The Morgan fingerprint density at radius 3 is 2.05 bits per heavy atom. The number of hydrogen-bond donors (Lipinski definition) is 1. The van der Waals surface area contributed by atoms with E-state index in [1.807, 2.05) is 12.1 Å². The minimum Gasteiger partial charge on any atom is -0.397 e. The third-order valence-electron chi connectivity index (χ3n) is 3.94. The second-order valence-corrected chi connectivity index (χ2v) is 8.08. The normalized spacial score (nSPS) is 12.4. The number of benzene rings is 1. The first-order valence-corrected chi connectivity index (χ1v) is 7.96. The second kappa shape index (κ2) is 6.12. The molecule has 22 heavy (non-hydrogen) atoms. The summed E-state index contributed by atoms with van der Waals surface area (Å²) >= 11 is 0. The van der Waals surface area contributed by atoms with E-state index in [1.165, 1.54) is 17.5 Å². The van der Waals surface area contributed by atoms with Crippen molar-refractivity contribution in [1.29, 1.82) is 0 Å². The zero-order chi connectivity index (χ0) is 16.4. The highest BCUT2D eigenvalue weighted by Crippen LogP contribution is 2.36. The van der Waals surface area contributed by atoms with E-state index in [2.05, 4.69) is 63.9 Å². The lowest BCUT2D eigenvalue weighted by Crippen LogP contribution is -2.24. The van der Waals surface area contributed by atoms with Gasteiger partial charge in [0.25, 0.3) is 0 Å². The molecule has 0 amide bonds. The van der Waals surface area contributed by atoms with Crippen molar-refractivity contribution in [3.63, 3.8) is 0 Å². The summed E-state index contributed by atoms with van der Waals surface area (Å²) in [6.07, 6.45) is 3.73. The summed E-state index contributed by atoms with van der Waals surface area (Å²) in [6.45, 7) is 11.6. The first-order chi connectivity index (χ1) is 10.2. The molecule has 0 fully saturated rings. The fourth-order valence-corrected chi connectivity index (χ4v) is 3.25. The molecule has 2 nitrogen and oxygen atoms in total. The lowest BCUT2D eigenvalue weighted by atomic mass is 9.72. The van der Waals surface area contributed by atoms with Crippen LogP contribution in [0.15, 0.2) is 42.6 Å². The van der Waals surface area contributed by atoms with Gasteiger partial charge in [0.1, 0.15) is 0 Å². The third-order valence-corrected chi connectivity index (χ3v) is 3.94. The molecule has 2 rings (SSSR count). The molecule has 2 heteroatoms. The number of rotatable bonds is 4. The van der Waals surface area contributed by atoms with E-state index in [4.69, 9.17) is 5.73 Å². The molecule has 0 atom stereocenters. The number of hydrogen-bond acceptors (Lipinski definition) is 2. The summed E-state index contributed by atoms with van der Waals surface area (Å²) in [4.78, 5) is 4.37.